The molecule has 30 heavy (non-hydrogen) atoms. The van der Waals surface area contributed by atoms with Gasteiger partial charge in [0.05, 0.1) is 16.3 Å². The molecule has 1 N–H and O–H groups in total. The summed E-state index contributed by atoms with van der Waals surface area (Å²) in [4.78, 5) is 12.8. The SMILES string of the molecule is CCS(=O)(=O)N1CCC(CNC(=O)c2ccc(Cl)cc2Cl)(CC2CCOCC2)CC1. The molecule has 2 heterocycles. The Morgan fingerprint density at radius 2 is 1.90 bits per heavy atom. The van der Waals surface area contributed by atoms with Gasteiger partial charge >= 0.3 is 0 Å². The van der Waals surface area contributed by atoms with Crippen LogP contribution in [0.15, 0.2) is 18.2 Å². The summed E-state index contributed by atoms with van der Waals surface area (Å²) in [6, 6.07) is 4.83. The van der Waals surface area contributed by atoms with Crippen LogP contribution in [0.2, 0.25) is 10.0 Å². The van der Waals surface area contributed by atoms with Crippen molar-refractivity contribution in [1.29, 1.82) is 0 Å². The Balaban J connectivity index is 1.70. The molecule has 0 bridgehead atoms. The summed E-state index contributed by atoms with van der Waals surface area (Å²) in [6.07, 6.45) is 4.45. The van der Waals surface area contributed by atoms with Crippen molar-refractivity contribution in [3.05, 3.63) is 33.8 Å². The van der Waals surface area contributed by atoms with E-state index in [0.29, 0.717) is 41.2 Å². The molecular weight excluding hydrogens is 447 g/mol. The molecule has 0 radical (unpaired) electrons. The minimum Gasteiger partial charge on any atom is -0.381 e. The van der Waals surface area contributed by atoms with Gasteiger partial charge in [-0.15, -0.1) is 0 Å². The largest absolute Gasteiger partial charge is 0.381 e. The number of carbonyl (C=O) groups excluding carboxylic acids is 1. The van der Waals surface area contributed by atoms with E-state index in [4.69, 9.17) is 27.9 Å². The molecule has 9 heteroatoms. The van der Waals surface area contributed by atoms with Crippen molar-refractivity contribution in [2.75, 3.05) is 38.6 Å². The van der Waals surface area contributed by atoms with E-state index in [1.165, 1.54) is 0 Å². The summed E-state index contributed by atoms with van der Waals surface area (Å²) in [6.45, 7) is 4.71. The normalized spacial score (nSPS) is 20.8. The summed E-state index contributed by atoms with van der Waals surface area (Å²) in [7, 11) is -3.19. The molecule has 0 atom stereocenters. The van der Waals surface area contributed by atoms with Crippen molar-refractivity contribution in [1.82, 2.24) is 9.62 Å². The highest BCUT2D eigenvalue weighted by Gasteiger charge is 2.39. The maximum atomic E-state index is 12.8. The predicted molar refractivity (Wildman–Crippen MR) is 120 cm³/mol. The second-order valence-corrected chi connectivity index (χ2v) is 11.5. The number of rotatable bonds is 7. The Labute approximate surface area is 189 Å². The Kier molecular flexibility index (Phi) is 8.07. The number of hydrogen-bond acceptors (Lipinski definition) is 4. The smallest absolute Gasteiger partial charge is 0.252 e. The summed E-state index contributed by atoms with van der Waals surface area (Å²) in [5.41, 5.74) is 0.268. The van der Waals surface area contributed by atoms with Gasteiger partial charge in [0.2, 0.25) is 10.0 Å². The van der Waals surface area contributed by atoms with Gasteiger partial charge in [0.15, 0.2) is 0 Å². The van der Waals surface area contributed by atoms with Crippen LogP contribution in [0.1, 0.15) is 49.4 Å². The van der Waals surface area contributed by atoms with Crippen molar-refractivity contribution in [3.8, 4) is 0 Å². The van der Waals surface area contributed by atoms with Crippen LogP contribution in [0.4, 0.5) is 0 Å². The highest BCUT2D eigenvalue weighted by Crippen LogP contribution is 2.40. The molecule has 1 amide bonds. The Morgan fingerprint density at radius 1 is 1.23 bits per heavy atom. The number of piperidine rings is 1. The third kappa shape index (κ3) is 5.88. The van der Waals surface area contributed by atoms with Crippen LogP contribution in [0, 0.1) is 11.3 Å². The first kappa shape index (κ1) is 23.8. The van der Waals surface area contributed by atoms with Gasteiger partial charge in [-0.05, 0) is 68.6 Å². The molecule has 2 fully saturated rings. The quantitative estimate of drug-likeness (QED) is 0.645. The van der Waals surface area contributed by atoms with Crippen LogP contribution in [0.25, 0.3) is 0 Å². The first-order valence-electron chi connectivity index (χ1n) is 10.5. The molecule has 0 aromatic heterocycles. The fourth-order valence-electron chi connectivity index (χ4n) is 4.47. The van der Waals surface area contributed by atoms with E-state index in [2.05, 4.69) is 5.32 Å². The number of nitrogens with one attached hydrogen (secondary N) is 1. The first-order chi connectivity index (χ1) is 14.2. The minimum atomic E-state index is -3.19. The highest BCUT2D eigenvalue weighted by atomic mass is 35.5. The molecule has 1 aromatic rings. The fourth-order valence-corrected chi connectivity index (χ4v) is 6.07. The summed E-state index contributed by atoms with van der Waals surface area (Å²) in [5.74, 6) is 0.418. The lowest BCUT2D eigenvalue weighted by atomic mass is 9.71. The number of benzene rings is 1. The second kappa shape index (κ2) is 10.2. The second-order valence-electron chi connectivity index (χ2n) is 8.37. The van der Waals surface area contributed by atoms with Crippen LogP contribution in [0.5, 0.6) is 0 Å². The monoisotopic (exact) mass is 476 g/mol. The van der Waals surface area contributed by atoms with E-state index in [0.717, 1.165) is 45.3 Å². The summed E-state index contributed by atoms with van der Waals surface area (Å²) >= 11 is 12.1. The number of ether oxygens (including phenoxy) is 1. The summed E-state index contributed by atoms with van der Waals surface area (Å²) in [5, 5.41) is 3.87. The van der Waals surface area contributed by atoms with Gasteiger partial charge in [-0.25, -0.2) is 12.7 Å². The van der Waals surface area contributed by atoms with E-state index in [1.54, 1.807) is 29.4 Å². The van der Waals surface area contributed by atoms with Gasteiger partial charge < -0.3 is 10.1 Å². The molecule has 2 saturated heterocycles. The first-order valence-corrected chi connectivity index (χ1v) is 12.9. The van der Waals surface area contributed by atoms with E-state index in [-0.39, 0.29) is 17.1 Å². The number of sulfonamides is 1. The van der Waals surface area contributed by atoms with Crippen LogP contribution < -0.4 is 5.32 Å². The topological polar surface area (TPSA) is 75.7 Å². The number of nitrogens with zero attached hydrogens (tertiary/aromatic N) is 1. The van der Waals surface area contributed by atoms with Gasteiger partial charge in [-0.1, -0.05) is 23.2 Å². The maximum Gasteiger partial charge on any atom is 0.252 e. The standard InChI is InChI=1S/C21H30Cl2N2O4S/c1-2-30(27,28)25-9-7-21(8-10-25,14-16-5-11-29-12-6-16)15-24-20(26)18-4-3-17(22)13-19(18)23/h3-4,13,16H,2,5-12,14-15H2,1H3,(H,24,26). The van der Waals surface area contributed by atoms with E-state index in [1.807, 2.05) is 0 Å². The van der Waals surface area contributed by atoms with Gasteiger partial charge in [-0.3, -0.25) is 4.79 Å². The molecule has 168 valence electrons. The Morgan fingerprint density at radius 3 is 2.50 bits per heavy atom. The zero-order valence-corrected chi connectivity index (χ0v) is 19.7. The lowest BCUT2D eigenvalue weighted by Gasteiger charge is -2.44. The molecule has 0 unspecified atom stereocenters. The molecule has 0 saturated carbocycles. The Bertz CT molecular complexity index is 849. The van der Waals surface area contributed by atoms with E-state index < -0.39 is 10.0 Å². The number of carbonyl (C=O) groups is 1. The predicted octanol–water partition coefficient (Wildman–Crippen LogP) is 3.97. The van der Waals surface area contributed by atoms with Crippen LogP contribution in [-0.4, -0.2) is 57.2 Å². The lowest BCUT2D eigenvalue weighted by molar-refractivity contribution is 0.0335. The van der Waals surface area contributed by atoms with Crippen molar-refractivity contribution in [3.63, 3.8) is 0 Å². The van der Waals surface area contributed by atoms with Gasteiger partial charge in [0.1, 0.15) is 0 Å². The summed E-state index contributed by atoms with van der Waals surface area (Å²) < 4.78 is 31.7. The number of amides is 1. The number of hydrogen-bond donors (Lipinski definition) is 1. The molecule has 0 aliphatic carbocycles. The Hall–Kier alpha value is -0.860. The average Bonchev–Trinajstić information content (AvgIpc) is 2.73. The van der Waals surface area contributed by atoms with Crippen molar-refractivity contribution < 1.29 is 17.9 Å². The maximum absolute atomic E-state index is 12.8. The van der Waals surface area contributed by atoms with Crippen LogP contribution >= 0.6 is 23.2 Å². The van der Waals surface area contributed by atoms with Crippen molar-refractivity contribution in [2.45, 2.75) is 39.0 Å². The van der Waals surface area contributed by atoms with E-state index >= 15 is 0 Å². The molecule has 3 rings (SSSR count). The minimum absolute atomic E-state index is 0.117. The molecule has 0 spiro atoms. The molecule has 6 nitrogen and oxygen atoms in total. The fraction of sp³-hybridized carbons (Fsp3) is 0.667. The zero-order chi connectivity index (χ0) is 21.8. The molecule has 2 aliphatic heterocycles. The van der Waals surface area contributed by atoms with Gasteiger partial charge in [-0.2, -0.15) is 0 Å². The molecular formula is C21H30Cl2N2O4S. The number of halogens is 2. The van der Waals surface area contributed by atoms with Crippen LogP contribution in [-0.2, 0) is 14.8 Å². The average molecular weight is 477 g/mol. The van der Waals surface area contributed by atoms with Gasteiger partial charge in [0, 0.05) is 37.9 Å². The molecule has 1 aromatic carbocycles. The van der Waals surface area contributed by atoms with Crippen molar-refractivity contribution in [2.24, 2.45) is 11.3 Å². The van der Waals surface area contributed by atoms with Gasteiger partial charge in [0.25, 0.3) is 5.91 Å². The zero-order valence-electron chi connectivity index (χ0n) is 17.3. The third-order valence-corrected chi connectivity index (χ3v) is 8.83. The lowest BCUT2D eigenvalue weighted by Crippen LogP contribution is -2.49. The third-order valence-electron chi connectivity index (χ3n) is 6.40. The van der Waals surface area contributed by atoms with E-state index in [9.17, 15) is 13.2 Å². The highest BCUT2D eigenvalue weighted by molar-refractivity contribution is 7.89. The molecule has 2 aliphatic rings. The van der Waals surface area contributed by atoms with Crippen LogP contribution in [0.3, 0.4) is 0 Å². The van der Waals surface area contributed by atoms with Crippen molar-refractivity contribution >= 4 is 39.1 Å².